The molecule has 0 aromatic carbocycles. The van der Waals surface area contributed by atoms with Crippen LogP contribution < -0.4 is 0 Å². The molecule has 1 atom stereocenters. The van der Waals surface area contributed by atoms with Crippen molar-refractivity contribution in [1.82, 2.24) is 9.55 Å². The standard InChI is InChI=1S/C15H16N2OS2/c1-10-8-12(11(2)20-10)9-17-6-5-16-15(17)14(18)13-4-3-7-19-13/h3-8,14,18H,9H2,1-2H3. The number of thiophene rings is 2. The second-order valence-corrected chi connectivity index (χ2v) is 7.21. The van der Waals surface area contributed by atoms with Gasteiger partial charge < -0.3 is 9.67 Å². The fraction of sp³-hybridized carbons (Fsp3) is 0.267. The first-order chi connectivity index (χ1) is 9.65. The molecule has 0 saturated heterocycles. The van der Waals surface area contributed by atoms with Crippen LogP contribution in [0.15, 0.2) is 36.0 Å². The molecule has 104 valence electrons. The Labute approximate surface area is 126 Å². The van der Waals surface area contributed by atoms with E-state index in [1.807, 2.05) is 39.6 Å². The predicted molar refractivity (Wildman–Crippen MR) is 83.5 cm³/mol. The van der Waals surface area contributed by atoms with Gasteiger partial charge in [-0.25, -0.2) is 4.98 Å². The molecule has 0 saturated carbocycles. The number of aromatic nitrogens is 2. The second-order valence-electron chi connectivity index (χ2n) is 4.77. The molecule has 1 unspecified atom stereocenters. The zero-order valence-corrected chi connectivity index (χ0v) is 13.0. The van der Waals surface area contributed by atoms with Crippen molar-refractivity contribution in [3.05, 3.63) is 62.0 Å². The fourth-order valence-electron chi connectivity index (χ4n) is 2.30. The topological polar surface area (TPSA) is 38.0 Å². The summed E-state index contributed by atoms with van der Waals surface area (Å²) >= 11 is 3.36. The van der Waals surface area contributed by atoms with Crippen LogP contribution in [0, 0.1) is 13.8 Å². The van der Waals surface area contributed by atoms with E-state index < -0.39 is 6.10 Å². The number of rotatable bonds is 4. The summed E-state index contributed by atoms with van der Waals surface area (Å²) in [4.78, 5) is 7.90. The fourth-order valence-corrected chi connectivity index (χ4v) is 3.94. The van der Waals surface area contributed by atoms with E-state index in [9.17, 15) is 5.11 Å². The van der Waals surface area contributed by atoms with E-state index in [0.717, 1.165) is 11.4 Å². The SMILES string of the molecule is Cc1cc(Cn2ccnc2C(O)c2cccs2)c(C)s1. The van der Waals surface area contributed by atoms with Crippen LogP contribution in [0.3, 0.4) is 0 Å². The molecule has 0 radical (unpaired) electrons. The van der Waals surface area contributed by atoms with Gasteiger partial charge in [0.15, 0.2) is 0 Å². The maximum absolute atomic E-state index is 10.4. The molecule has 0 bridgehead atoms. The minimum absolute atomic E-state index is 0.648. The summed E-state index contributed by atoms with van der Waals surface area (Å²) in [6, 6.07) is 6.10. The first-order valence-electron chi connectivity index (χ1n) is 6.43. The molecular weight excluding hydrogens is 288 g/mol. The van der Waals surface area contributed by atoms with Gasteiger partial charge in [0.05, 0.1) is 0 Å². The van der Waals surface area contributed by atoms with Crippen molar-refractivity contribution in [2.45, 2.75) is 26.5 Å². The number of hydrogen-bond donors (Lipinski definition) is 1. The number of aryl methyl sites for hydroxylation is 2. The van der Waals surface area contributed by atoms with Crippen molar-refractivity contribution >= 4 is 22.7 Å². The van der Waals surface area contributed by atoms with Crippen LogP contribution in [-0.4, -0.2) is 14.7 Å². The number of imidazole rings is 1. The first-order valence-corrected chi connectivity index (χ1v) is 8.13. The lowest BCUT2D eigenvalue weighted by Crippen LogP contribution is -2.09. The van der Waals surface area contributed by atoms with E-state index in [1.54, 1.807) is 17.5 Å². The molecule has 0 fully saturated rings. The van der Waals surface area contributed by atoms with Crippen molar-refractivity contribution in [2.24, 2.45) is 0 Å². The zero-order chi connectivity index (χ0) is 14.1. The summed E-state index contributed by atoms with van der Waals surface area (Å²) in [6.07, 6.45) is 3.03. The van der Waals surface area contributed by atoms with E-state index >= 15 is 0 Å². The number of aliphatic hydroxyl groups is 1. The van der Waals surface area contributed by atoms with Gasteiger partial charge in [-0.1, -0.05) is 6.07 Å². The molecule has 5 heteroatoms. The summed E-state index contributed by atoms with van der Waals surface area (Å²) < 4.78 is 2.03. The molecule has 3 rings (SSSR count). The van der Waals surface area contributed by atoms with Crippen molar-refractivity contribution < 1.29 is 5.11 Å². The minimum Gasteiger partial charge on any atom is -0.380 e. The van der Waals surface area contributed by atoms with Crippen LogP contribution >= 0.6 is 22.7 Å². The average molecular weight is 304 g/mol. The van der Waals surface area contributed by atoms with E-state index in [2.05, 4.69) is 24.9 Å². The lowest BCUT2D eigenvalue weighted by atomic mass is 10.2. The second kappa shape index (κ2) is 5.52. The Morgan fingerprint density at radius 3 is 2.90 bits per heavy atom. The Morgan fingerprint density at radius 2 is 2.25 bits per heavy atom. The highest BCUT2D eigenvalue weighted by molar-refractivity contribution is 7.12. The number of aliphatic hydroxyl groups excluding tert-OH is 1. The van der Waals surface area contributed by atoms with Gasteiger partial charge in [0, 0.05) is 33.6 Å². The minimum atomic E-state index is -0.648. The molecule has 3 nitrogen and oxygen atoms in total. The normalized spacial score (nSPS) is 12.8. The Balaban J connectivity index is 1.89. The van der Waals surface area contributed by atoms with Crippen LogP contribution in [-0.2, 0) is 6.54 Å². The van der Waals surface area contributed by atoms with Crippen LogP contribution in [0.2, 0.25) is 0 Å². The molecule has 20 heavy (non-hydrogen) atoms. The monoisotopic (exact) mass is 304 g/mol. The smallest absolute Gasteiger partial charge is 0.146 e. The Morgan fingerprint density at radius 1 is 1.40 bits per heavy atom. The summed E-state index contributed by atoms with van der Waals surface area (Å²) in [5.74, 6) is 0.704. The summed E-state index contributed by atoms with van der Waals surface area (Å²) in [5.41, 5.74) is 1.30. The summed E-state index contributed by atoms with van der Waals surface area (Å²) in [7, 11) is 0. The van der Waals surface area contributed by atoms with Crippen molar-refractivity contribution in [1.29, 1.82) is 0 Å². The highest BCUT2D eigenvalue weighted by Crippen LogP contribution is 2.26. The third-order valence-electron chi connectivity index (χ3n) is 3.29. The van der Waals surface area contributed by atoms with Crippen molar-refractivity contribution in [2.75, 3.05) is 0 Å². The average Bonchev–Trinajstić information content (AvgIpc) is 3.12. The van der Waals surface area contributed by atoms with Crippen LogP contribution in [0.25, 0.3) is 0 Å². The van der Waals surface area contributed by atoms with Gasteiger partial charge in [0.2, 0.25) is 0 Å². The van der Waals surface area contributed by atoms with E-state index in [1.165, 1.54) is 15.3 Å². The summed E-state index contributed by atoms with van der Waals surface area (Å²) in [5, 5.41) is 12.4. The van der Waals surface area contributed by atoms with Crippen molar-refractivity contribution in [3.63, 3.8) is 0 Å². The zero-order valence-electron chi connectivity index (χ0n) is 11.4. The first kappa shape index (κ1) is 13.5. The highest BCUT2D eigenvalue weighted by atomic mass is 32.1. The molecule has 0 aliphatic heterocycles. The largest absolute Gasteiger partial charge is 0.380 e. The lowest BCUT2D eigenvalue weighted by molar-refractivity contribution is 0.209. The van der Waals surface area contributed by atoms with Gasteiger partial charge in [0.1, 0.15) is 11.9 Å². The molecule has 0 aliphatic rings. The van der Waals surface area contributed by atoms with Crippen LogP contribution in [0.4, 0.5) is 0 Å². The van der Waals surface area contributed by atoms with E-state index in [0.29, 0.717) is 5.82 Å². The molecular formula is C15H16N2OS2. The maximum atomic E-state index is 10.4. The lowest BCUT2D eigenvalue weighted by Gasteiger charge is -2.12. The van der Waals surface area contributed by atoms with Crippen molar-refractivity contribution in [3.8, 4) is 0 Å². The number of hydrogen-bond acceptors (Lipinski definition) is 4. The Kier molecular flexibility index (Phi) is 3.74. The maximum Gasteiger partial charge on any atom is 0.146 e. The number of nitrogens with zero attached hydrogens (tertiary/aromatic N) is 2. The van der Waals surface area contributed by atoms with Gasteiger partial charge in [-0.05, 0) is 36.9 Å². The molecule has 0 spiro atoms. The molecule has 3 aromatic rings. The molecule has 0 amide bonds. The Bertz CT molecular complexity index is 697. The van der Waals surface area contributed by atoms with Gasteiger partial charge in [0.25, 0.3) is 0 Å². The third kappa shape index (κ3) is 2.57. The van der Waals surface area contributed by atoms with Gasteiger partial charge in [-0.2, -0.15) is 0 Å². The van der Waals surface area contributed by atoms with Gasteiger partial charge in [-0.3, -0.25) is 0 Å². The quantitative estimate of drug-likeness (QED) is 0.797. The van der Waals surface area contributed by atoms with Gasteiger partial charge >= 0.3 is 0 Å². The van der Waals surface area contributed by atoms with Crippen LogP contribution in [0.1, 0.15) is 32.1 Å². The molecule has 3 aromatic heterocycles. The Hall–Kier alpha value is -1.43. The summed E-state index contributed by atoms with van der Waals surface area (Å²) in [6.45, 7) is 5.02. The highest BCUT2D eigenvalue weighted by Gasteiger charge is 2.17. The van der Waals surface area contributed by atoms with E-state index in [4.69, 9.17) is 0 Å². The molecule has 0 aliphatic carbocycles. The molecule has 3 heterocycles. The van der Waals surface area contributed by atoms with Gasteiger partial charge in [-0.15, -0.1) is 22.7 Å². The third-order valence-corrected chi connectivity index (χ3v) is 5.22. The molecule has 1 N–H and O–H groups in total. The predicted octanol–water partition coefficient (Wildman–Crippen LogP) is 3.75. The van der Waals surface area contributed by atoms with E-state index in [-0.39, 0.29) is 0 Å². The van der Waals surface area contributed by atoms with Crippen LogP contribution in [0.5, 0.6) is 0 Å².